The topological polar surface area (TPSA) is 101 Å². The summed E-state index contributed by atoms with van der Waals surface area (Å²) in [5.74, 6) is -1.43. The molecule has 1 rings (SSSR count). The number of anilines is 1. The van der Waals surface area contributed by atoms with Crippen molar-refractivity contribution in [2.45, 2.75) is 26.7 Å². The zero-order chi connectivity index (χ0) is 16.2. The van der Waals surface area contributed by atoms with E-state index >= 15 is 0 Å². The van der Waals surface area contributed by atoms with Gasteiger partial charge < -0.3 is 10.4 Å². The molecule has 6 nitrogen and oxygen atoms in total. The summed E-state index contributed by atoms with van der Waals surface area (Å²) in [5, 5.41) is 11.7. The lowest BCUT2D eigenvalue weighted by molar-refractivity contribution is -0.116. The van der Waals surface area contributed by atoms with Crippen molar-refractivity contribution < 1.29 is 23.1 Å². The predicted molar refractivity (Wildman–Crippen MR) is 80.4 cm³/mol. The highest BCUT2D eigenvalue weighted by Gasteiger charge is 2.13. The number of amides is 1. The maximum Gasteiger partial charge on any atom is 0.336 e. The monoisotopic (exact) mass is 313 g/mol. The van der Waals surface area contributed by atoms with Gasteiger partial charge in [-0.1, -0.05) is 6.07 Å². The van der Waals surface area contributed by atoms with Gasteiger partial charge >= 0.3 is 5.97 Å². The van der Waals surface area contributed by atoms with Crippen molar-refractivity contribution in [3.05, 3.63) is 28.8 Å². The maximum atomic E-state index is 11.8. The number of carboxylic acid groups (broad SMARTS) is 1. The summed E-state index contributed by atoms with van der Waals surface area (Å²) >= 11 is 0. The van der Waals surface area contributed by atoms with Crippen LogP contribution < -0.4 is 5.32 Å². The summed E-state index contributed by atoms with van der Waals surface area (Å²) in [4.78, 5) is 22.8. The van der Waals surface area contributed by atoms with Crippen LogP contribution >= 0.6 is 0 Å². The number of nitrogens with one attached hydrogen (secondary N) is 1. The van der Waals surface area contributed by atoms with Gasteiger partial charge in [-0.2, -0.15) is 0 Å². The van der Waals surface area contributed by atoms with Crippen LogP contribution in [0.1, 0.15) is 34.3 Å². The molecule has 0 fully saturated rings. The van der Waals surface area contributed by atoms with Crippen LogP contribution in [0.2, 0.25) is 0 Å². The molecule has 21 heavy (non-hydrogen) atoms. The van der Waals surface area contributed by atoms with Gasteiger partial charge in [0.1, 0.15) is 9.84 Å². The van der Waals surface area contributed by atoms with Crippen LogP contribution in [-0.4, -0.2) is 37.4 Å². The molecule has 0 aliphatic rings. The molecule has 0 atom stereocenters. The van der Waals surface area contributed by atoms with Crippen molar-refractivity contribution in [3.63, 3.8) is 0 Å². The van der Waals surface area contributed by atoms with Gasteiger partial charge in [0.15, 0.2) is 0 Å². The fourth-order valence-corrected chi connectivity index (χ4v) is 2.59. The Morgan fingerprint density at radius 1 is 1.19 bits per heavy atom. The molecule has 0 bridgehead atoms. The summed E-state index contributed by atoms with van der Waals surface area (Å²) in [6, 6.07) is 3.11. The van der Waals surface area contributed by atoms with Gasteiger partial charge in [0.05, 0.1) is 11.3 Å². The van der Waals surface area contributed by atoms with E-state index in [2.05, 4.69) is 5.32 Å². The molecule has 7 heteroatoms. The quantitative estimate of drug-likeness (QED) is 0.833. The van der Waals surface area contributed by atoms with Crippen LogP contribution in [0.15, 0.2) is 12.1 Å². The lowest BCUT2D eigenvalue weighted by Gasteiger charge is -2.11. The third kappa shape index (κ3) is 5.55. The van der Waals surface area contributed by atoms with Gasteiger partial charge in [0, 0.05) is 18.4 Å². The smallest absolute Gasteiger partial charge is 0.336 e. The second kappa shape index (κ2) is 6.71. The molecular weight excluding hydrogens is 294 g/mol. The molecule has 1 aromatic carbocycles. The SMILES string of the molecule is Cc1cc(C)c(C(=O)O)cc1NC(=O)CCCS(C)(=O)=O. The van der Waals surface area contributed by atoms with E-state index in [4.69, 9.17) is 5.11 Å². The van der Waals surface area contributed by atoms with Crippen molar-refractivity contribution in [3.8, 4) is 0 Å². The van der Waals surface area contributed by atoms with Gasteiger partial charge in [-0.3, -0.25) is 4.79 Å². The molecule has 0 saturated heterocycles. The van der Waals surface area contributed by atoms with Crippen molar-refractivity contribution in [1.29, 1.82) is 0 Å². The molecule has 0 unspecified atom stereocenters. The number of carboxylic acids is 1. The average Bonchev–Trinajstić information content (AvgIpc) is 2.30. The normalized spacial score (nSPS) is 11.2. The van der Waals surface area contributed by atoms with Crippen molar-refractivity contribution in [2.75, 3.05) is 17.3 Å². The van der Waals surface area contributed by atoms with Gasteiger partial charge in [0.2, 0.25) is 5.91 Å². The number of carbonyl (C=O) groups is 2. The first-order chi connectivity index (χ1) is 9.60. The third-order valence-corrected chi connectivity index (χ3v) is 4.03. The number of hydrogen-bond donors (Lipinski definition) is 2. The predicted octanol–water partition coefficient (Wildman–Crippen LogP) is 1.76. The van der Waals surface area contributed by atoms with E-state index in [1.54, 1.807) is 19.9 Å². The lowest BCUT2D eigenvalue weighted by Crippen LogP contribution is -2.15. The molecule has 0 aromatic heterocycles. The fourth-order valence-electron chi connectivity index (χ4n) is 1.92. The summed E-state index contributed by atoms with van der Waals surface area (Å²) in [6.07, 6.45) is 1.43. The standard InChI is InChI=1S/C14H19NO5S/c1-9-7-10(2)12(8-11(9)14(17)18)15-13(16)5-4-6-21(3,19)20/h7-8H,4-6H2,1-3H3,(H,15,16)(H,17,18). The first-order valence-corrected chi connectivity index (χ1v) is 8.48. The molecule has 0 spiro atoms. The lowest BCUT2D eigenvalue weighted by atomic mass is 10.0. The molecular formula is C14H19NO5S. The Kier molecular flexibility index (Phi) is 5.48. The zero-order valence-corrected chi connectivity index (χ0v) is 13.1. The zero-order valence-electron chi connectivity index (χ0n) is 12.3. The Morgan fingerprint density at radius 2 is 1.81 bits per heavy atom. The van der Waals surface area contributed by atoms with Crippen LogP contribution in [0.5, 0.6) is 0 Å². The number of benzene rings is 1. The fraction of sp³-hybridized carbons (Fsp3) is 0.429. The number of aryl methyl sites for hydroxylation is 2. The van der Waals surface area contributed by atoms with E-state index < -0.39 is 15.8 Å². The molecule has 116 valence electrons. The number of hydrogen-bond acceptors (Lipinski definition) is 4. The highest BCUT2D eigenvalue weighted by Crippen LogP contribution is 2.21. The van der Waals surface area contributed by atoms with E-state index in [-0.39, 0.29) is 30.1 Å². The minimum Gasteiger partial charge on any atom is -0.478 e. The molecule has 1 amide bonds. The van der Waals surface area contributed by atoms with Gasteiger partial charge in [0.25, 0.3) is 0 Å². The highest BCUT2D eigenvalue weighted by molar-refractivity contribution is 7.90. The summed E-state index contributed by atoms with van der Waals surface area (Å²) in [7, 11) is -3.08. The maximum absolute atomic E-state index is 11.8. The number of sulfone groups is 1. The van der Waals surface area contributed by atoms with E-state index in [1.165, 1.54) is 6.07 Å². The number of aromatic carboxylic acids is 1. The Morgan fingerprint density at radius 3 is 2.33 bits per heavy atom. The molecule has 0 aliphatic carbocycles. The van der Waals surface area contributed by atoms with E-state index in [0.717, 1.165) is 11.8 Å². The van der Waals surface area contributed by atoms with Gasteiger partial charge in [-0.25, -0.2) is 13.2 Å². The molecule has 0 saturated carbocycles. The second-order valence-electron chi connectivity index (χ2n) is 5.07. The second-order valence-corrected chi connectivity index (χ2v) is 7.33. The highest BCUT2D eigenvalue weighted by atomic mass is 32.2. The average molecular weight is 313 g/mol. The molecule has 1 aromatic rings. The van der Waals surface area contributed by atoms with Gasteiger partial charge in [-0.05, 0) is 37.5 Å². The number of rotatable bonds is 6. The third-order valence-electron chi connectivity index (χ3n) is 2.99. The van der Waals surface area contributed by atoms with Crippen LogP contribution in [0.25, 0.3) is 0 Å². The van der Waals surface area contributed by atoms with Crippen molar-refractivity contribution in [1.82, 2.24) is 0 Å². The minimum atomic E-state index is -3.08. The van der Waals surface area contributed by atoms with Crippen LogP contribution in [0.3, 0.4) is 0 Å². The summed E-state index contributed by atoms with van der Waals surface area (Å²) < 4.78 is 22.0. The largest absolute Gasteiger partial charge is 0.478 e. The Hall–Kier alpha value is -1.89. The van der Waals surface area contributed by atoms with Gasteiger partial charge in [-0.15, -0.1) is 0 Å². The van der Waals surface area contributed by atoms with E-state index in [0.29, 0.717) is 11.3 Å². The van der Waals surface area contributed by atoms with Crippen LogP contribution in [0.4, 0.5) is 5.69 Å². The molecule has 0 radical (unpaired) electrons. The van der Waals surface area contributed by atoms with Crippen LogP contribution in [-0.2, 0) is 14.6 Å². The molecule has 2 N–H and O–H groups in total. The molecule has 0 heterocycles. The van der Waals surface area contributed by atoms with E-state index in [1.807, 2.05) is 0 Å². The minimum absolute atomic E-state index is 0.0479. The molecule has 0 aliphatic heterocycles. The Bertz CT molecular complexity index is 664. The van der Waals surface area contributed by atoms with E-state index in [9.17, 15) is 18.0 Å². The first-order valence-electron chi connectivity index (χ1n) is 6.42. The van der Waals surface area contributed by atoms with Crippen molar-refractivity contribution in [2.24, 2.45) is 0 Å². The number of carbonyl (C=O) groups excluding carboxylic acids is 1. The Balaban J connectivity index is 2.76. The van der Waals surface area contributed by atoms with Crippen LogP contribution in [0, 0.1) is 13.8 Å². The summed E-state index contributed by atoms with van der Waals surface area (Å²) in [5.41, 5.74) is 1.94. The first kappa shape index (κ1) is 17.2. The Labute approximate surface area is 124 Å². The van der Waals surface area contributed by atoms with Crippen molar-refractivity contribution >= 4 is 27.4 Å². The summed E-state index contributed by atoms with van der Waals surface area (Å²) in [6.45, 7) is 3.46.